The predicted molar refractivity (Wildman–Crippen MR) is 106 cm³/mol. The first-order valence-corrected chi connectivity index (χ1v) is 11.0. The Morgan fingerprint density at radius 3 is 2.48 bits per heavy atom. The number of piperazine rings is 1. The van der Waals surface area contributed by atoms with E-state index >= 15 is 0 Å². The minimum atomic E-state index is -3.66. The molecule has 0 radical (unpaired) electrons. The average Bonchev–Trinajstić information content (AvgIpc) is 2.66. The molecule has 0 N–H and O–H groups in total. The van der Waals surface area contributed by atoms with Gasteiger partial charge in [-0.2, -0.15) is 4.31 Å². The van der Waals surface area contributed by atoms with Crippen LogP contribution in [0.2, 0.25) is 0 Å². The van der Waals surface area contributed by atoms with E-state index in [9.17, 15) is 12.8 Å². The molecule has 0 unspecified atom stereocenters. The monoisotopic (exact) mass is 456 g/mol. The molecular formula is C19H22BrFN2O3S. The van der Waals surface area contributed by atoms with E-state index in [0.29, 0.717) is 55.1 Å². The Labute approximate surface area is 167 Å². The molecule has 0 saturated carbocycles. The van der Waals surface area contributed by atoms with Crippen LogP contribution in [-0.4, -0.2) is 50.4 Å². The topological polar surface area (TPSA) is 49.9 Å². The minimum Gasteiger partial charge on any atom is -0.492 e. The van der Waals surface area contributed by atoms with Gasteiger partial charge in [0.1, 0.15) is 16.5 Å². The molecular weight excluding hydrogens is 435 g/mol. The van der Waals surface area contributed by atoms with Crippen LogP contribution >= 0.6 is 15.9 Å². The Morgan fingerprint density at radius 2 is 1.81 bits per heavy atom. The van der Waals surface area contributed by atoms with E-state index in [0.717, 1.165) is 0 Å². The van der Waals surface area contributed by atoms with Crippen molar-refractivity contribution in [3.05, 3.63) is 58.3 Å². The molecule has 0 aromatic heterocycles. The Hall–Kier alpha value is -1.48. The van der Waals surface area contributed by atoms with Crippen LogP contribution in [0.4, 0.5) is 4.39 Å². The summed E-state index contributed by atoms with van der Waals surface area (Å²) in [5.41, 5.74) is 0.624. The molecule has 1 saturated heterocycles. The Kier molecular flexibility index (Phi) is 6.52. The molecule has 1 heterocycles. The second-order valence-corrected chi connectivity index (χ2v) is 9.12. The number of hydrogen-bond donors (Lipinski definition) is 0. The zero-order valence-corrected chi connectivity index (χ0v) is 17.5. The van der Waals surface area contributed by atoms with Crippen LogP contribution < -0.4 is 4.74 Å². The molecule has 1 aliphatic rings. The van der Waals surface area contributed by atoms with Gasteiger partial charge in [0.05, 0.1) is 6.61 Å². The van der Waals surface area contributed by atoms with Gasteiger partial charge in [-0.15, -0.1) is 0 Å². The van der Waals surface area contributed by atoms with E-state index < -0.39 is 10.0 Å². The van der Waals surface area contributed by atoms with Crippen molar-refractivity contribution in [3.8, 4) is 5.75 Å². The summed E-state index contributed by atoms with van der Waals surface area (Å²) in [6.45, 7) is 4.49. The van der Waals surface area contributed by atoms with Crippen molar-refractivity contribution >= 4 is 26.0 Å². The van der Waals surface area contributed by atoms with Crippen LogP contribution in [-0.2, 0) is 16.6 Å². The van der Waals surface area contributed by atoms with Crippen LogP contribution in [0, 0.1) is 5.82 Å². The fourth-order valence-electron chi connectivity index (χ4n) is 3.09. The third-order valence-electron chi connectivity index (χ3n) is 4.51. The summed E-state index contributed by atoms with van der Waals surface area (Å²) in [5, 5.41) is 0. The fourth-order valence-corrected chi connectivity index (χ4v) is 5.18. The summed E-state index contributed by atoms with van der Waals surface area (Å²) in [7, 11) is -3.66. The van der Waals surface area contributed by atoms with Crippen molar-refractivity contribution in [1.29, 1.82) is 0 Å². The van der Waals surface area contributed by atoms with Crippen LogP contribution in [0.15, 0.2) is 51.8 Å². The number of hydrogen-bond acceptors (Lipinski definition) is 4. The molecule has 0 amide bonds. The molecule has 0 atom stereocenters. The summed E-state index contributed by atoms with van der Waals surface area (Å²) in [4.78, 5) is 2.23. The molecule has 2 aromatic rings. The molecule has 8 heteroatoms. The molecule has 146 valence electrons. The molecule has 5 nitrogen and oxygen atoms in total. The molecule has 0 spiro atoms. The highest BCUT2D eigenvalue weighted by Crippen LogP contribution is 2.30. The lowest BCUT2D eigenvalue weighted by Gasteiger charge is -2.34. The van der Waals surface area contributed by atoms with Crippen molar-refractivity contribution in [2.24, 2.45) is 0 Å². The summed E-state index contributed by atoms with van der Waals surface area (Å²) < 4.78 is 47.7. The van der Waals surface area contributed by atoms with Gasteiger partial charge in [0.25, 0.3) is 0 Å². The first kappa shape index (κ1) is 20.3. The zero-order chi connectivity index (χ0) is 19.4. The first-order valence-electron chi connectivity index (χ1n) is 8.80. The minimum absolute atomic E-state index is 0.168. The highest BCUT2D eigenvalue weighted by atomic mass is 79.9. The summed E-state index contributed by atoms with van der Waals surface area (Å²) >= 11 is 3.34. The summed E-state index contributed by atoms with van der Waals surface area (Å²) in [6, 6.07) is 11.7. The Morgan fingerprint density at radius 1 is 1.11 bits per heavy atom. The van der Waals surface area contributed by atoms with E-state index in [2.05, 4.69) is 20.8 Å². The fraction of sp³-hybridized carbons (Fsp3) is 0.368. The number of benzene rings is 2. The van der Waals surface area contributed by atoms with Crippen LogP contribution in [0.25, 0.3) is 0 Å². The van der Waals surface area contributed by atoms with Crippen LogP contribution in [0.3, 0.4) is 0 Å². The standard InChI is InChI=1S/C19H22BrFN2O3S/c1-2-26-18-8-7-16(20)13-19(18)27(24,25)23-11-9-22(10-12-23)14-15-5-3-4-6-17(15)21/h3-8,13H,2,9-12,14H2,1H3. The second-order valence-electron chi connectivity index (χ2n) is 6.30. The molecule has 27 heavy (non-hydrogen) atoms. The van der Waals surface area contributed by atoms with Crippen LogP contribution in [0.1, 0.15) is 12.5 Å². The van der Waals surface area contributed by atoms with Gasteiger partial charge in [-0.1, -0.05) is 34.1 Å². The third kappa shape index (κ3) is 4.68. The summed E-state index contributed by atoms with van der Waals surface area (Å²) in [5.74, 6) is 0.123. The van der Waals surface area contributed by atoms with E-state index in [4.69, 9.17) is 4.74 Å². The molecule has 2 aromatic carbocycles. The second kappa shape index (κ2) is 8.68. The van der Waals surface area contributed by atoms with Crippen LogP contribution in [0.5, 0.6) is 5.75 Å². The Bertz CT molecular complexity index is 900. The Balaban J connectivity index is 1.72. The van der Waals surface area contributed by atoms with Crippen molar-refractivity contribution in [2.45, 2.75) is 18.4 Å². The van der Waals surface area contributed by atoms with Gasteiger partial charge in [0, 0.05) is 42.8 Å². The normalized spacial score (nSPS) is 16.4. The van der Waals surface area contributed by atoms with Gasteiger partial charge >= 0.3 is 0 Å². The lowest BCUT2D eigenvalue weighted by molar-refractivity contribution is 0.179. The van der Waals surface area contributed by atoms with Gasteiger partial charge < -0.3 is 4.74 Å². The SMILES string of the molecule is CCOc1ccc(Br)cc1S(=O)(=O)N1CCN(Cc2ccccc2F)CC1. The van der Waals surface area contributed by atoms with E-state index in [1.54, 1.807) is 30.3 Å². The number of halogens is 2. The predicted octanol–water partition coefficient (Wildman–Crippen LogP) is 3.49. The molecule has 1 fully saturated rings. The highest BCUT2D eigenvalue weighted by molar-refractivity contribution is 9.10. The number of ether oxygens (including phenoxy) is 1. The van der Waals surface area contributed by atoms with Gasteiger partial charge in [0.2, 0.25) is 10.0 Å². The van der Waals surface area contributed by atoms with E-state index in [1.165, 1.54) is 10.4 Å². The van der Waals surface area contributed by atoms with Gasteiger partial charge in [-0.3, -0.25) is 4.90 Å². The summed E-state index contributed by atoms with van der Waals surface area (Å²) in [6.07, 6.45) is 0. The third-order valence-corrected chi connectivity index (χ3v) is 6.92. The average molecular weight is 457 g/mol. The van der Waals surface area contributed by atoms with Crippen molar-refractivity contribution < 1.29 is 17.5 Å². The lowest BCUT2D eigenvalue weighted by Crippen LogP contribution is -2.48. The molecule has 0 aliphatic carbocycles. The van der Waals surface area contributed by atoms with Gasteiger partial charge in [0.15, 0.2) is 0 Å². The molecule has 1 aliphatic heterocycles. The number of rotatable bonds is 6. The zero-order valence-electron chi connectivity index (χ0n) is 15.1. The largest absolute Gasteiger partial charge is 0.492 e. The van der Waals surface area contributed by atoms with Crippen molar-refractivity contribution in [1.82, 2.24) is 9.21 Å². The van der Waals surface area contributed by atoms with Crippen molar-refractivity contribution in [2.75, 3.05) is 32.8 Å². The number of sulfonamides is 1. The number of nitrogens with zero attached hydrogens (tertiary/aromatic N) is 2. The highest BCUT2D eigenvalue weighted by Gasteiger charge is 2.31. The quantitative estimate of drug-likeness (QED) is 0.667. The smallest absolute Gasteiger partial charge is 0.246 e. The van der Waals surface area contributed by atoms with Gasteiger partial charge in [-0.05, 0) is 31.2 Å². The van der Waals surface area contributed by atoms with E-state index in [1.807, 2.05) is 13.0 Å². The first-order chi connectivity index (χ1) is 12.9. The molecule has 0 bridgehead atoms. The maximum absolute atomic E-state index is 13.8. The van der Waals surface area contributed by atoms with Gasteiger partial charge in [-0.25, -0.2) is 12.8 Å². The lowest BCUT2D eigenvalue weighted by atomic mass is 10.2. The van der Waals surface area contributed by atoms with Crippen molar-refractivity contribution in [3.63, 3.8) is 0 Å². The van der Waals surface area contributed by atoms with E-state index in [-0.39, 0.29) is 10.7 Å². The maximum atomic E-state index is 13.8. The molecule has 3 rings (SSSR count). The maximum Gasteiger partial charge on any atom is 0.246 e.